The van der Waals surface area contributed by atoms with Crippen LogP contribution in [0.1, 0.15) is 55.9 Å². The summed E-state index contributed by atoms with van der Waals surface area (Å²) in [6.45, 7) is 1.99. The van der Waals surface area contributed by atoms with Crippen LogP contribution in [0.25, 0.3) is 5.69 Å². The summed E-state index contributed by atoms with van der Waals surface area (Å²) in [5.41, 5.74) is 12.1. The lowest BCUT2D eigenvalue weighted by molar-refractivity contribution is 0.0969. The number of ketones is 1. The summed E-state index contributed by atoms with van der Waals surface area (Å²) < 4.78 is 2.10. The molecule has 0 fully saturated rings. The normalized spacial score (nSPS) is 13.4. The zero-order valence-corrected chi connectivity index (χ0v) is 15.4. The molecule has 1 aliphatic rings. The predicted octanol–water partition coefficient (Wildman–Crippen LogP) is 3.99. The van der Waals surface area contributed by atoms with Gasteiger partial charge < -0.3 is 10.3 Å². The first-order valence-corrected chi connectivity index (χ1v) is 9.25. The van der Waals surface area contributed by atoms with E-state index in [1.165, 1.54) is 0 Å². The van der Waals surface area contributed by atoms with Gasteiger partial charge in [0.15, 0.2) is 5.78 Å². The number of hydrogen-bond acceptors (Lipinski definition) is 2. The lowest BCUT2D eigenvalue weighted by Crippen LogP contribution is -2.15. The van der Waals surface area contributed by atoms with E-state index in [1.807, 2.05) is 55.6 Å². The summed E-state index contributed by atoms with van der Waals surface area (Å²) in [5, 5.41) is 0. The maximum absolute atomic E-state index is 12.3. The fraction of sp³-hybridized carbons (Fsp3) is 0.217. The van der Waals surface area contributed by atoms with Gasteiger partial charge >= 0.3 is 0 Å². The van der Waals surface area contributed by atoms with Crippen LogP contribution in [0.2, 0.25) is 0 Å². The number of carbonyl (C=O) groups is 2. The number of hydrogen-bond donors (Lipinski definition) is 1. The van der Waals surface area contributed by atoms with Gasteiger partial charge in [-0.3, -0.25) is 9.59 Å². The molecule has 1 aromatic heterocycles. The van der Waals surface area contributed by atoms with Gasteiger partial charge in [0, 0.05) is 35.1 Å². The van der Waals surface area contributed by atoms with E-state index in [0.717, 1.165) is 46.5 Å². The third-order valence-corrected chi connectivity index (χ3v) is 5.26. The third kappa shape index (κ3) is 3.19. The second-order valence-corrected chi connectivity index (χ2v) is 7.15. The predicted molar refractivity (Wildman–Crippen MR) is 106 cm³/mol. The van der Waals surface area contributed by atoms with Crippen LogP contribution in [-0.2, 0) is 12.8 Å². The van der Waals surface area contributed by atoms with Crippen molar-refractivity contribution in [2.24, 2.45) is 5.73 Å². The average Bonchev–Trinajstić information content (AvgIpc) is 3.00. The SMILES string of the molecule is Cc1cn(-c2ccc(C(N)=O)c(Cc3ccccc3)c2)c2c1C(=O)CCC2. The van der Waals surface area contributed by atoms with Gasteiger partial charge in [0.1, 0.15) is 0 Å². The lowest BCUT2D eigenvalue weighted by Gasteiger charge is -2.17. The standard InChI is InChI=1S/C23H22N2O2/c1-15-14-25(20-8-5-9-21(26)22(15)20)18-10-11-19(23(24)27)17(13-18)12-16-6-3-2-4-7-16/h2-4,6-7,10-11,13-14H,5,8-9,12H2,1H3,(H2,24,27). The number of primary amides is 1. The van der Waals surface area contributed by atoms with Crippen LogP contribution in [0, 0.1) is 6.92 Å². The molecule has 0 spiro atoms. The summed E-state index contributed by atoms with van der Waals surface area (Å²) in [6, 6.07) is 15.7. The lowest BCUT2D eigenvalue weighted by atomic mass is 9.94. The van der Waals surface area contributed by atoms with Crippen molar-refractivity contribution in [1.29, 1.82) is 0 Å². The van der Waals surface area contributed by atoms with Crippen molar-refractivity contribution < 1.29 is 9.59 Å². The van der Waals surface area contributed by atoms with Crippen molar-refractivity contribution in [3.63, 3.8) is 0 Å². The molecule has 0 unspecified atom stereocenters. The number of aromatic nitrogens is 1. The number of amides is 1. The molecule has 136 valence electrons. The van der Waals surface area contributed by atoms with Crippen molar-refractivity contribution in [2.75, 3.05) is 0 Å². The van der Waals surface area contributed by atoms with Crippen molar-refractivity contribution in [2.45, 2.75) is 32.6 Å². The Kier molecular flexibility index (Phi) is 4.40. The maximum atomic E-state index is 12.3. The maximum Gasteiger partial charge on any atom is 0.248 e. The van der Waals surface area contributed by atoms with E-state index in [-0.39, 0.29) is 5.78 Å². The quantitative estimate of drug-likeness (QED) is 0.766. The Hall–Kier alpha value is -3.14. The molecule has 2 N–H and O–H groups in total. The Morgan fingerprint density at radius 3 is 2.63 bits per heavy atom. The Morgan fingerprint density at radius 1 is 1.11 bits per heavy atom. The molecule has 0 aliphatic heterocycles. The van der Waals surface area contributed by atoms with Crippen molar-refractivity contribution in [3.8, 4) is 5.69 Å². The van der Waals surface area contributed by atoms with Gasteiger partial charge in [-0.25, -0.2) is 0 Å². The smallest absolute Gasteiger partial charge is 0.248 e. The van der Waals surface area contributed by atoms with E-state index in [0.29, 0.717) is 18.4 Å². The van der Waals surface area contributed by atoms with Gasteiger partial charge in [-0.1, -0.05) is 30.3 Å². The number of carbonyl (C=O) groups excluding carboxylic acids is 2. The molecule has 0 bridgehead atoms. The molecule has 4 heteroatoms. The summed E-state index contributed by atoms with van der Waals surface area (Å²) >= 11 is 0. The van der Waals surface area contributed by atoms with Crippen LogP contribution in [-0.4, -0.2) is 16.3 Å². The molecule has 4 nitrogen and oxygen atoms in total. The first kappa shape index (κ1) is 17.3. The minimum Gasteiger partial charge on any atom is -0.366 e. The number of Topliss-reactive ketones (excluding diaryl/α,β-unsaturated/α-hetero) is 1. The van der Waals surface area contributed by atoms with E-state index in [9.17, 15) is 9.59 Å². The van der Waals surface area contributed by atoms with E-state index in [2.05, 4.69) is 4.57 Å². The topological polar surface area (TPSA) is 65.1 Å². The summed E-state index contributed by atoms with van der Waals surface area (Å²) in [4.78, 5) is 24.2. The fourth-order valence-corrected chi connectivity index (χ4v) is 4.01. The van der Waals surface area contributed by atoms with E-state index >= 15 is 0 Å². The van der Waals surface area contributed by atoms with E-state index in [1.54, 1.807) is 6.07 Å². The van der Waals surface area contributed by atoms with Crippen molar-refractivity contribution in [1.82, 2.24) is 4.57 Å². The minimum absolute atomic E-state index is 0.228. The Bertz CT molecular complexity index is 1030. The Morgan fingerprint density at radius 2 is 1.89 bits per heavy atom. The van der Waals surface area contributed by atoms with Crippen LogP contribution in [0.3, 0.4) is 0 Å². The van der Waals surface area contributed by atoms with Gasteiger partial charge in [0.05, 0.1) is 0 Å². The first-order chi connectivity index (χ1) is 13.0. The second kappa shape index (κ2) is 6.88. The van der Waals surface area contributed by atoms with Gasteiger partial charge in [0.2, 0.25) is 5.91 Å². The Labute approximate surface area is 158 Å². The molecular formula is C23H22N2O2. The van der Waals surface area contributed by atoms with Gasteiger partial charge in [-0.15, -0.1) is 0 Å². The third-order valence-electron chi connectivity index (χ3n) is 5.26. The Balaban J connectivity index is 1.81. The number of fused-ring (bicyclic) bond motifs is 1. The molecular weight excluding hydrogens is 336 g/mol. The van der Waals surface area contributed by atoms with Crippen LogP contribution < -0.4 is 5.73 Å². The molecule has 3 aromatic rings. The summed E-state index contributed by atoms with van der Waals surface area (Å²) in [5.74, 6) is -0.195. The van der Waals surface area contributed by atoms with Crippen LogP contribution in [0.15, 0.2) is 54.7 Å². The van der Waals surface area contributed by atoms with Crippen LogP contribution in [0.5, 0.6) is 0 Å². The fourth-order valence-electron chi connectivity index (χ4n) is 4.01. The number of rotatable bonds is 4. The average molecular weight is 358 g/mol. The first-order valence-electron chi connectivity index (χ1n) is 9.25. The van der Waals surface area contributed by atoms with Crippen LogP contribution >= 0.6 is 0 Å². The molecule has 27 heavy (non-hydrogen) atoms. The molecule has 4 rings (SSSR count). The highest BCUT2D eigenvalue weighted by Gasteiger charge is 2.24. The molecule has 0 saturated heterocycles. The molecule has 1 amide bonds. The number of aryl methyl sites for hydroxylation is 1. The molecule has 1 aliphatic carbocycles. The van der Waals surface area contributed by atoms with Crippen LogP contribution in [0.4, 0.5) is 0 Å². The van der Waals surface area contributed by atoms with E-state index < -0.39 is 5.91 Å². The summed E-state index contributed by atoms with van der Waals surface area (Å²) in [7, 11) is 0. The molecule has 2 aromatic carbocycles. The zero-order valence-electron chi connectivity index (χ0n) is 15.4. The number of nitrogens with zero attached hydrogens (tertiary/aromatic N) is 1. The molecule has 1 heterocycles. The number of nitrogens with two attached hydrogens (primary N) is 1. The second-order valence-electron chi connectivity index (χ2n) is 7.15. The zero-order chi connectivity index (χ0) is 19.0. The largest absolute Gasteiger partial charge is 0.366 e. The molecule has 0 saturated carbocycles. The van der Waals surface area contributed by atoms with Gasteiger partial charge in [-0.05, 0) is 61.1 Å². The van der Waals surface area contributed by atoms with Gasteiger partial charge in [0.25, 0.3) is 0 Å². The highest BCUT2D eigenvalue weighted by molar-refractivity contribution is 6.00. The number of benzene rings is 2. The summed E-state index contributed by atoms with van der Waals surface area (Å²) in [6.07, 6.45) is 5.05. The minimum atomic E-state index is -0.423. The van der Waals surface area contributed by atoms with Crippen molar-refractivity contribution in [3.05, 3.63) is 88.2 Å². The monoisotopic (exact) mass is 358 g/mol. The highest BCUT2D eigenvalue weighted by atomic mass is 16.1. The highest BCUT2D eigenvalue weighted by Crippen LogP contribution is 2.29. The molecule has 0 radical (unpaired) electrons. The van der Waals surface area contributed by atoms with Crippen molar-refractivity contribution >= 4 is 11.7 Å². The molecule has 0 atom stereocenters. The van der Waals surface area contributed by atoms with E-state index in [4.69, 9.17) is 5.73 Å². The van der Waals surface area contributed by atoms with Gasteiger partial charge in [-0.2, -0.15) is 0 Å².